The SMILES string of the molecule is COc1ccc(C#N)cc1N(S)C(=O)Nc1cccc2cnccc12. The van der Waals surface area contributed by atoms with Gasteiger partial charge in [-0.1, -0.05) is 24.9 Å². The van der Waals surface area contributed by atoms with Crippen molar-refractivity contribution in [2.75, 3.05) is 16.7 Å². The Kier molecular flexibility index (Phi) is 4.73. The molecule has 3 aromatic rings. The molecule has 1 aromatic heterocycles. The third-order valence-corrected chi connectivity index (χ3v) is 4.05. The highest BCUT2D eigenvalue weighted by atomic mass is 32.1. The van der Waals surface area contributed by atoms with Gasteiger partial charge in [0.25, 0.3) is 0 Å². The number of hydrogen-bond donors (Lipinski definition) is 2. The lowest BCUT2D eigenvalue weighted by Crippen LogP contribution is -2.27. The van der Waals surface area contributed by atoms with Gasteiger partial charge in [0, 0.05) is 23.2 Å². The van der Waals surface area contributed by atoms with Crippen LogP contribution in [0.1, 0.15) is 5.56 Å². The molecule has 25 heavy (non-hydrogen) atoms. The molecule has 0 saturated heterocycles. The Morgan fingerprint density at radius 1 is 1.32 bits per heavy atom. The number of rotatable bonds is 3. The third-order valence-electron chi connectivity index (χ3n) is 3.65. The predicted molar refractivity (Wildman–Crippen MR) is 99.9 cm³/mol. The van der Waals surface area contributed by atoms with Gasteiger partial charge in [-0.15, -0.1) is 0 Å². The molecular formula is C18H14N4O2S. The molecule has 2 aromatic carbocycles. The van der Waals surface area contributed by atoms with Crippen molar-refractivity contribution < 1.29 is 9.53 Å². The first-order valence-corrected chi connectivity index (χ1v) is 7.75. The number of aromatic nitrogens is 1. The molecule has 0 radical (unpaired) electrons. The van der Waals surface area contributed by atoms with Crippen LogP contribution in [0.25, 0.3) is 10.8 Å². The Morgan fingerprint density at radius 2 is 2.16 bits per heavy atom. The zero-order valence-corrected chi connectivity index (χ0v) is 14.2. The molecule has 6 nitrogen and oxygen atoms in total. The smallest absolute Gasteiger partial charge is 0.336 e. The summed E-state index contributed by atoms with van der Waals surface area (Å²) < 4.78 is 6.36. The Bertz CT molecular complexity index is 979. The Morgan fingerprint density at radius 3 is 2.92 bits per heavy atom. The van der Waals surface area contributed by atoms with Gasteiger partial charge in [0.2, 0.25) is 0 Å². The second-order valence-electron chi connectivity index (χ2n) is 5.14. The van der Waals surface area contributed by atoms with E-state index in [4.69, 9.17) is 10.00 Å². The van der Waals surface area contributed by atoms with Crippen molar-refractivity contribution in [2.45, 2.75) is 0 Å². The van der Waals surface area contributed by atoms with Crippen molar-refractivity contribution in [1.29, 1.82) is 5.26 Å². The summed E-state index contributed by atoms with van der Waals surface area (Å²) in [5, 5.41) is 13.7. The maximum atomic E-state index is 12.6. The molecule has 0 atom stereocenters. The number of pyridine rings is 1. The molecule has 3 rings (SSSR count). The quantitative estimate of drug-likeness (QED) is 0.700. The lowest BCUT2D eigenvalue weighted by atomic mass is 10.1. The number of amides is 2. The number of anilines is 2. The largest absolute Gasteiger partial charge is 0.495 e. The number of benzene rings is 2. The summed E-state index contributed by atoms with van der Waals surface area (Å²) in [4.78, 5) is 16.7. The first-order valence-electron chi connectivity index (χ1n) is 7.35. The van der Waals surface area contributed by atoms with E-state index >= 15 is 0 Å². The number of ether oxygens (including phenoxy) is 1. The van der Waals surface area contributed by atoms with Crippen molar-refractivity contribution in [3.8, 4) is 11.8 Å². The van der Waals surface area contributed by atoms with Crippen LogP contribution in [-0.2, 0) is 0 Å². The molecule has 0 aliphatic carbocycles. The molecule has 0 spiro atoms. The second-order valence-corrected chi connectivity index (χ2v) is 5.54. The number of urea groups is 1. The molecule has 0 aliphatic heterocycles. The maximum absolute atomic E-state index is 12.6. The average molecular weight is 350 g/mol. The predicted octanol–water partition coefficient (Wildman–Crippen LogP) is 4.00. The average Bonchev–Trinajstić information content (AvgIpc) is 2.67. The molecule has 0 unspecified atom stereocenters. The van der Waals surface area contributed by atoms with Crippen molar-refractivity contribution >= 4 is 41.0 Å². The molecule has 0 aliphatic rings. The Labute approximate surface area is 150 Å². The van der Waals surface area contributed by atoms with Crippen LogP contribution < -0.4 is 14.4 Å². The summed E-state index contributed by atoms with van der Waals surface area (Å²) in [6.45, 7) is 0. The molecule has 1 N–H and O–H groups in total. The van der Waals surface area contributed by atoms with E-state index in [2.05, 4.69) is 23.1 Å². The van der Waals surface area contributed by atoms with E-state index < -0.39 is 6.03 Å². The molecule has 7 heteroatoms. The lowest BCUT2D eigenvalue weighted by Gasteiger charge is -2.19. The summed E-state index contributed by atoms with van der Waals surface area (Å²) in [5.74, 6) is 0.436. The summed E-state index contributed by atoms with van der Waals surface area (Å²) in [5.41, 5.74) is 1.42. The van der Waals surface area contributed by atoms with E-state index in [9.17, 15) is 4.79 Å². The van der Waals surface area contributed by atoms with Crippen LogP contribution in [0.3, 0.4) is 0 Å². The minimum atomic E-state index is -0.471. The van der Waals surface area contributed by atoms with E-state index in [1.54, 1.807) is 36.7 Å². The van der Waals surface area contributed by atoms with Crippen molar-refractivity contribution in [3.05, 3.63) is 60.4 Å². The highest BCUT2D eigenvalue weighted by molar-refractivity contribution is 7.82. The van der Waals surface area contributed by atoms with E-state index in [0.29, 0.717) is 22.7 Å². The molecule has 124 valence electrons. The van der Waals surface area contributed by atoms with Crippen LogP contribution in [0.4, 0.5) is 16.2 Å². The monoisotopic (exact) mass is 350 g/mol. The number of nitriles is 1. The third kappa shape index (κ3) is 3.34. The second kappa shape index (κ2) is 7.11. The van der Waals surface area contributed by atoms with E-state index in [0.717, 1.165) is 15.1 Å². The van der Waals surface area contributed by atoms with E-state index in [1.165, 1.54) is 7.11 Å². The topological polar surface area (TPSA) is 78.2 Å². The first-order chi connectivity index (χ1) is 12.1. The normalized spacial score (nSPS) is 10.1. The first kappa shape index (κ1) is 16.6. The number of hydrogen-bond acceptors (Lipinski definition) is 5. The fraction of sp³-hybridized carbons (Fsp3) is 0.0556. The van der Waals surface area contributed by atoms with E-state index in [-0.39, 0.29) is 0 Å². The zero-order chi connectivity index (χ0) is 17.8. The van der Waals surface area contributed by atoms with Gasteiger partial charge in [0.05, 0.1) is 24.4 Å². The highest BCUT2D eigenvalue weighted by Gasteiger charge is 2.18. The Balaban J connectivity index is 1.92. The van der Waals surface area contributed by atoms with E-state index in [1.807, 2.05) is 24.3 Å². The fourth-order valence-electron chi connectivity index (χ4n) is 2.43. The van der Waals surface area contributed by atoms with Crippen LogP contribution in [0.5, 0.6) is 5.75 Å². The van der Waals surface area contributed by atoms with Crippen molar-refractivity contribution in [3.63, 3.8) is 0 Å². The fourth-order valence-corrected chi connectivity index (χ4v) is 2.64. The number of methoxy groups -OCH3 is 1. The van der Waals surface area contributed by atoms with Gasteiger partial charge in [-0.3, -0.25) is 4.98 Å². The van der Waals surface area contributed by atoms with Crippen LogP contribution in [0, 0.1) is 11.3 Å². The van der Waals surface area contributed by atoms with Crippen LogP contribution in [-0.4, -0.2) is 18.1 Å². The van der Waals surface area contributed by atoms with Gasteiger partial charge in [-0.2, -0.15) is 5.26 Å². The molecule has 1 heterocycles. The van der Waals surface area contributed by atoms with Gasteiger partial charge in [0.1, 0.15) is 11.4 Å². The standard InChI is InChI=1S/C18H14N4O2S/c1-24-17-6-5-12(10-19)9-16(17)22(25)18(23)21-15-4-2-3-13-11-20-8-7-14(13)15/h2-9,11,25H,1H3,(H,21,23). The lowest BCUT2D eigenvalue weighted by molar-refractivity contribution is 0.260. The van der Waals surface area contributed by atoms with Crippen LogP contribution >= 0.6 is 12.8 Å². The number of carbonyl (C=O) groups is 1. The van der Waals surface area contributed by atoms with Gasteiger partial charge < -0.3 is 10.1 Å². The van der Waals surface area contributed by atoms with Gasteiger partial charge in [0.15, 0.2) is 0 Å². The van der Waals surface area contributed by atoms with Gasteiger partial charge >= 0.3 is 6.03 Å². The van der Waals surface area contributed by atoms with Crippen LogP contribution in [0.2, 0.25) is 0 Å². The summed E-state index contributed by atoms with van der Waals surface area (Å²) in [7, 11) is 1.49. The Hall–Kier alpha value is -3.24. The number of thiol groups is 1. The summed E-state index contributed by atoms with van der Waals surface area (Å²) in [6, 6.07) is 13.7. The number of nitrogens with one attached hydrogen (secondary N) is 1. The molecule has 0 saturated carbocycles. The van der Waals surface area contributed by atoms with Crippen molar-refractivity contribution in [2.24, 2.45) is 0 Å². The molecule has 0 bridgehead atoms. The minimum Gasteiger partial charge on any atom is -0.495 e. The van der Waals surface area contributed by atoms with Crippen molar-refractivity contribution in [1.82, 2.24) is 4.98 Å². The number of fused-ring (bicyclic) bond motifs is 1. The van der Waals surface area contributed by atoms with Gasteiger partial charge in [-0.25, -0.2) is 9.10 Å². The van der Waals surface area contributed by atoms with Gasteiger partial charge in [-0.05, 0) is 30.3 Å². The zero-order valence-electron chi connectivity index (χ0n) is 13.3. The maximum Gasteiger partial charge on any atom is 0.336 e. The summed E-state index contributed by atoms with van der Waals surface area (Å²) in [6.07, 6.45) is 3.39. The minimum absolute atomic E-state index is 0.379. The number of carbonyl (C=O) groups excluding carboxylic acids is 1. The molecular weight excluding hydrogens is 336 g/mol. The molecule has 0 fully saturated rings. The highest BCUT2D eigenvalue weighted by Crippen LogP contribution is 2.31. The summed E-state index contributed by atoms with van der Waals surface area (Å²) >= 11 is 4.27. The van der Waals surface area contributed by atoms with Crippen LogP contribution in [0.15, 0.2) is 54.9 Å². The number of nitrogens with zero attached hydrogens (tertiary/aromatic N) is 3. The molecule has 2 amide bonds.